The standard InChI is InChI=1S/C15H16Cl2N2O4/c1-4-23-14(21)15(2)8-11(13(20)22-3)18-19(15)12-6-5-9(16)7-10(12)17/h5-7H,4,8H2,1-3H3. The van der Waals surface area contributed by atoms with E-state index in [0.717, 1.165) is 0 Å². The van der Waals surface area contributed by atoms with Crippen LogP contribution in [-0.2, 0) is 19.1 Å². The molecule has 1 atom stereocenters. The minimum Gasteiger partial charge on any atom is -0.464 e. The highest BCUT2D eigenvalue weighted by atomic mass is 35.5. The molecule has 0 bridgehead atoms. The Morgan fingerprint density at radius 3 is 2.65 bits per heavy atom. The molecule has 0 saturated heterocycles. The Hall–Kier alpha value is -1.79. The first-order chi connectivity index (χ1) is 10.8. The molecule has 6 nitrogen and oxygen atoms in total. The van der Waals surface area contributed by atoms with Crippen molar-refractivity contribution in [3.63, 3.8) is 0 Å². The number of nitrogens with zero attached hydrogens (tertiary/aromatic N) is 2. The number of hydrazone groups is 1. The Labute approximate surface area is 143 Å². The SMILES string of the molecule is CCOC(=O)C1(C)CC(C(=O)OC)=NN1c1ccc(Cl)cc1Cl. The molecular weight excluding hydrogens is 343 g/mol. The van der Waals surface area contributed by atoms with Gasteiger partial charge in [-0.05, 0) is 32.0 Å². The third-order valence-electron chi connectivity index (χ3n) is 3.47. The number of methoxy groups -OCH3 is 1. The number of halogens is 2. The van der Waals surface area contributed by atoms with Crippen LogP contribution < -0.4 is 5.01 Å². The van der Waals surface area contributed by atoms with Crippen molar-refractivity contribution in [2.75, 3.05) is 18.7 Å². The lowest BCUT2D eigenvalue weighted by atomic mass is 9.95. The maximum atomic E-state index is 12.4. The molecule has 1 aliphatic heterocycles. The van der Waals surface area contributed by atoms with Gasteiger partial charge in [0.1, 0.15) is 5.71 Å². The van der Waals surface area contributed by atoms with Gasteiger partial charge >= 0.3 is 11.9 Å². The van der Waals surface area contributed by atoms with Crippen LogP contribution in [0.25, 0.3) is 0 Å². The van der Waals surface area contributed by atoms with E-state index in [1.54, 1.807) is 26.0 Å². The van der Waals surface area contributed by atoms with E-state index in [1.165, 1.54) is 18.2 Å². The van der Waals surface area contributed by atoms with Crippen LogP contribution in [0.3, 0.4) is 0 Å². The number of hydrogen-bond donors (Lipinski definition) is 0. The average molecular weight is 359 g/mol. The van der Waals surface area contributed by atoms with E-state index < -0.39 is 17.5 Å². The van der Waals surface area contributed by atoms with Gasteiger partial charge < -0.3 is 9.47 Å². The zero-order chi connectivity index (χ0) is 17.2. The fourth-order valence-electron chi connectivity index (χ4n) is 2.32. The van der Waals surface area contributed by atoms with Crippen LogP contribution in [0.5, 0.6) is 0 Å². The number of carbonyl (C=O) groups excluding carboxylic acids is 2. The summed E-state index contributed by atoms with van der Waals surface area (Å²) in [6.45, 7) is 3.55. The maximum absolute atomic E-state index is 12.4. The van der Waals surface area contributed by atoms with Crippen molar-refractivity contribution in [1.82, 2.24) is 0 Å². The van der Waals surface area contributed by atoms with E-state index in [9.17, 15) is 9.59 Å². The van der Waals surface area contributed by atoms with Crippen LogP contribution in [0.1, 0.15) is 20.3 Å². The number of benzene rings is 1. The van der Waals surface area contributed by atoms with Crippen molar-refractivity contribution in [2.24, 2.45) is 5.10 Å². The first-order valence-electron chi connectivity index (χ1n) is 6.91. The molecule has 1 aliphatic rings. The van der Waals surface area contributed by atoms with Crippen LogP contribution >= 0.6 is 23.2 Å². The Morgan fingerprint density at radius 1 is 1.39 bits per heavy atom. The van der Waals surface area contributed by atoms with E-state index >= 15 is 0 Å². The third-order valence-corrected chi connectivity index (χ3v) is 4.01. The topological polar surface area (TPSA) is 68.2 Å². The number of ether oxygens (including phenoxy) is 2. The van der Waals surface area contributed by atoms with Crippen molar-refractivity contribution < 1.29 is 19.1 Å². The number of rotatable bonds is 4. The normalized spacial score (nSPS) is 20.2. The van der Waals surface area contributed by atoms with Gasteiger partial charge in [-0.25, -0.2) is 14.6 Å². The highest BCUT2D eigenvalue weighted by Gasteiger charge is 2.49. The predicted octanol–water partition coefficient (Wildman–Crippen LogP) is 3.05. The lowest BCUT2D eigenvalue weighted by Gasteiger charge is -2.32. The van der Waals surface area contributed by atoms with Crippen molar-refractivity contribution in [3.8, 4) is 0 Å². The summed E-state index contributed by atoms with van der Waals surface area (Å²) in [6, 6.07) is 4.79. The van der Waals surface area contributed by atoms with Gasteiger partial charge in [0.15, 0.2) is 5.54 Å². The summed E-state index contributed by atoms with van der Waals surface area (Å²) in [6.07, 6.45) is 0.0530. The quantitative estimate of drug-likeness (QED) is 0.773. The summed E-state index contributed by atoms with van der Waals surface area (Å²) in [5, 5.41) is 6.37. The molecule has 1 heterocycles. The van der Waals surface area contributed by atoms with Crippen molar-refractivity contribution in [2.45, 2.75) is 25.8 Å². The Morgan fingerprint density at radius 2 is 2.09 bits per heavy atom. The molecule has 124 valence electrons. The molecule has 0 N–H and O–H groups in total. The molecule has 0 aliphatic carbocycles. The first-order valence-corrected chi connectivity index (χ1v) is 7.67. The summed E-state index contributed by atoms with van der Waals surface area (Å²) in [5.41, 5.74) is -0.628. The summed E-state index contributed by atoms with van der Waals surface area (Å²) < 4.78 is 9.83. The largest absolute Gasteiger partial charge is 0.464 e. The second-order valence-corrected chi connectivity index (χ2v) is 5.96. The zero-order valence-electron chi connectivity index (χ0n) is 12.9. The van der Waals surface area contributed by atoms with E-state index in [1.807, 2.05) is 0 Å². The molecule has 2 rings (SSSR count). The lowest BCUT2D eigenvalue weighted by Crippen LogP contribution is -2.48. The fraction of sp³-hybridized carbons (Fsp3) is 0.400. The fourth-order valence-corrected chi connectivity index (χ4v) is 2.80. The van der Waals surface area contributed by atoms with Gasteiger partial charge in [0.25, 0.3) is 0 Å². The Balaban J connectivity index is 2.50. The second kappa shape index (κ2) is 6.76. The van der Waals surface area contributed by atoms with Crippen LogP contribution in [0, 0.1) is 0 Å². The number of anilines is 1. The van der Waals surface area contributed by atoms with Crippen LogP contribution in [0.4, 0.5) is 5.69 Å². The molecule has 23 heavy (non-hydrogen) atoms. The van der Waals surface area contributed by atoms with Crippen LogP contribution in [-0.4, -0.2) is 36.9 Å². The summed E-state index contributed by atoms with van der Waals surface area (Å²) in [7, 11) is 1.25. The van der Waals surface area contributed by atoms with Gasteiger partial charge in [0.05, 0.1) is 24.4 Å². The Bertz CT molecular complexity index is 677. The minimum atomic E-state index is -1.20. The van der Waals surface area contributed by atoms with Crippen LogP contribution in [0.15, 0.2) is 23.3 Å². The van der Waals surface area contributed by atoms with Gasteiger partial charge in [0, 0.05) is 11.4 Å². The highest BCUT2D eigenvalue weighted by Crippen LogP contribution is 2.39. The number of hydrogen-bond acceptors (Lipinski definition) is 6. The molecular formula is C15H16Cl2N2O4. The van der Waals surface area contributed by atoms with Crippen molar-refractivity contribution in [1.29, 1.82) is 0 Å². The van der Waals surface area contributed by atoms with Gasteiger partial charge in [-0.15, -0.1) is 0 Å². The monoisotopic (exact) mass is 358 g/mol. The molecule has 0 fully saturated rings. The second-order valence-electron chi connectivity index (χ2n) is 5.12. The third kappa shape index (κ3) is 3.28. The van der Waals surface area contributed by atoms with Gasteiger partial charge in [0.2, 0.25) is 0 Å². The smallest absolute Gasteiger partial charge is 0.354 e. The average Bonchev–Trinajstić information content (AvgIpc) is 2.86. The molecule has 1 aromatic rings. The minimum absolute atomic E-state index is 0.0530. The lowest BCUT2D eigenvalue weighted by molar-refractivity contribution is -0.148. The summed E-state index contributed by atoms with van der Waals surface area (Å²) in [5.74, 6) is -1.11. The van der Waals surface area contributed by atoms with E-state index in [2.05, 4.69) is 5.10 Å². The number of carbonyl (C=O) groups is 2. The van der Waals surface area contributed by atoms with E-state index in [4.69, 9.17) is 32.7 Å². The van der Waals surface area contributed by atoms with Crippen LogP contribution in [0.2, 0.25) is 10.0 Å². The molecule has 0 radical (unpaired) electrons. The molecule has 0 amide bonds. The van der Waals surface area contributed by atoms with Gasteiger partial charge in [-0.1, -0.05) is 23.2 Å². The molecule has 1 aromatic carbocycles. The molecule has 1 unspecified atom stereocenters. The Kier molecular flexibility index (Phi) is 5.16. The van der Waals surface area contributed by atoms with E-state index in [-0.39, 0.29) is 18.7 Å². The van der Waals surface area contributed by atoms with Gasteiger partial charge in [-0.3, -0.25) is 0 Å². The summed E-state index contributed by atoms with van der Waals surface area (Å²) in [4.78, 5) is 24.2. The number of esters is 2. The van der Waals surface area contributed by atoms with Crippen molar-refractivity contribution >= 4 is 46.5 Å². The van der Waals surface area contributed by atoms with Crippen molar-refractivity contribution in [3.05, 3.63) is 28.2 Å². The van der Waals surface area contributed by atoms with Gasteiger partial charge in [-0.2, -0.15) is 5.10 Å². The molecule has 8 heteroatoms. The highest BCUT2D eigenvalue weighted by molar-refractivity contribution is 6.39. The summed E-state index contributed by atoms with van der Waals surface area (Å²) >= 11 is 12.1. The predicted molar refractivity (Wildman–Crippen MR) is 88.0 cm³/mol. The molecule has 0 saturated carbocycles. The zero-order valence-corrected chi connectivity index (χ0v) is 14.4. The van der Waals surface area contributed by atoms with E-state index in [0.29, 0.717) is 15.7 Å². The first kappa shape index (κ1) is 17.6. The molecule has 0 aromatic heterocycles. The maximum Gasteiger partial charge on any atom is 0.354 e. The molecule has 0 spiro atoms.